The largest absolute Gasteiger partial charge is 0.472 e. The molecule has 0 unspecified atom stereocenters. The predicted octanol–water partition coefficient (Wildman–Crippen LogP) is 2.56. The number of nitrogens with one attached hydrogen (secondary N) is 1. The Morgan fingerprint density at radius 2 is 1.38 bits per heavy atom. The highest BCUT2D eigenvalue weighted by molar-refractivity contribution is 7.47. The molecular weight excluding hydrogens is 229 g/mol. The molecule has 0 aromatic rings. The van der Waals surface area contributed by atoms with Crippen LogP contribution in [0.3, 0.4) is 0 Å². The van der Waals surface area contributed by atoms with Gasteiger partial charge in [-0.25, -0.2) is 4.57 Å². The van der Waals surface area contributed by atoms with Gasteiger partial charge in [0, 0.05) is 0 Å². The average molecular weight is 255 g/mol. The lowest BCUT2D eigenvalue weighted by molar-refractivity contribution is 0.161. The van der Waals surface area contributed by atoms with Crippen LogP contribution >= 0.6 is 7.82 Å². The first-order valence-electron chi connectivity index (χ1n) is 5.86. The highest BCUT2D eigenvalue weighted by atomic mass is 31.2. The molecular formula is C10H26NO4P. The lowest BCUT2D eigenvalue weighted by atomic mass is 10.4. The highest BCUT2D eigenvalue weighted by Gasteiger charge is 2.17. The van der Waals surface area contributed by atoms with Crippen LogP contribution in [0.1, 0.15) is 40.5 Å². The molecule has 0 radical (unpaired) electrons. The Hall–Kier alpha value is 0.0700. The first kappa shape index (κ1) is 18.4. The summed E-state index contributed by atoms with van der Waals surface area (Å²) in [6.45, 7) is 10.3. The van der Waals surface area contributed by atoms with Crippen molar-refractivity contribution in [2.24, 2.45) is 0 Å². The van der Waals surface area contributed by atoms with E-state index in [9.17, 15) is 4.57 Å². The van der Waals surface area contributed by atoms with Gasteiger partial charge in [-0.05, 0) is 39.8 Å². The van der Waals surface area contributed by atoms with Crippen LogP contribution in [0.2, 0.25) is 0 Å². The van der Waals surface area contributed by atoms with Gasteiger partial charge in [0.2, 0.25) is 0 Å². The van der Waals surface area contributed by atoms with Crippen molar-refractivity contribution in [1.29, 1.82) is 0 Å². The van der Waals surface area contributed by atoms with Crippen molar-refractivity contribution in [3.8, 4) is 0 Å². The number of hydrogen-bond acceptors (Lipinski definition) is 4. The molecule has 0 aromatic heterocycles. The fourth-order valence-electron chi connectivity index (χ4n) is 0.842. The summed E-state index contributed by atoms with van der Waals surface area (Å²) in [7, 11) is -3.69. The van der Waals surface area contributed by atoms with Crippen LogP contribution in [0.15, 0.2) is 0 Å². The Morgan fingerprint density at radius 1 is 1.00 bits per heavy atom. The molecule has 0 saturated carbocycles. The van der Waals surface area contributed by atoms with E-state index in [0.29, 0.717) is 0 Å². The van der Waals surface area contributed by atoms with Crippen LogP contribution in [0.4, 0.5) is 0 Å². The fourth-order valence-corrected chi connectivity index (χ4v) is 1.57. The summed E-state index contributed by atoms with van der Waals surface area (Å²) in [5.41, 5.74) is 0. The van der Waals surface area contributed by atoms with Crippen LogP contribution < -0.4 is 5.32 Å². The summed E-state index contributed by atoms with van der Waals surface area (Å²) in [5.74, 6) is 0. The van der Waals surface area contributed by atoms with Crippen molar-refractivity contribution < 1.29 is 18.5 Å². The summed E-state index contributed by atoms with van der Waals surface area (Å²) in [6, 6.07) is 0. The quantitative estimate of drug-likeness (QED) is 0.515. The van der Waals surface area contributed by atoms with Crippen LogP contribution in [-0.4, -0.2) is 31.2 Å². The van der Waals surface area contributed by atoms with Crippen LogP contribution in [0.5, 0.6) is 0 Å². The highest BCUT2D eigenvalue weighted by Crippen LogP contribution is 2.42. The van der Waals surface area contributed by atoms with Crippen LogP contribution in [0, 0.1) is 0 Å². The molecule has 0 rings (SSSR count). The molecule has 0 atom stereocenters. The minimum absolute atomic E-state index is 0.188. The summed E-state index contributed by atoms with van der Waals surface area (Å²) in [5, 5.41) is 3.28. The molecule has 2 N–H and O–H groups in total. The molecule has 0 bridgehead atoms. The molecule has 0 heterocycles. The van der Waals surface area contributed by atoms with Crippen molar-refractivity contribution in [2.45, 2.75) is 40.5 Å². The maximum atomic E-state index is 10.5. The van der Waals surface area contributed by atoms with Gasteiger partial charge in [-0.1, -0.05) is 13.8 Å². The normalized spacial score (nSPS) is 10.8. The maximum absolute atomic E-state index is 10.5. The number of phosphoric acid groups is 1. The molecule has 0 aliphatic carbocycles. The molecule has 0 aliphatic heterocycles. The third-order valence-electron chi connectivity index (χ3n) is 1.44. The monoisotopic (exact) mass is 255 g/mol. The Balaban J connectivity index is 0. The summed E-state index contributed by atoms with van der Waals surface area (Å²) in [4.78, 5) is 8.63. The van der Waals surface area contributed by atoms with Gasteiger partial charge in [-0.15, -0.1) is 0 Å². The SMILES string of the molecule is CCCNCCC.CCOP(=O)(O)OCC. The van der Waals surface area contributed by atoms with Crippen molar-refractivity contribution in [3.05, 3.63) is 0 Å². The van der Waals surface area contributed by atoms with Gasteiger partial charge in [0.05, 0.1) is 13.2 Å². The molecule has 0 saturated heterocycles. The molecule has 0 fully saturated rings. The molecule has 6 heteroatoms. The van der Waals surface area contributed by atoms with E-state index < -0.39 is 7.82 Å². The van der Waals surface area contributed by atoms with Gasteiger partial charge in [0.1, 0.15) is 0 Å². The summed E-state index contributed by atoms with van der Waals surface area (Å²) < 4.78 is 19.2. The Labute approximate surface area is 99.2 Å². The molecule has 100 valence electrons. The van der Waals surface area contributed by atoms with E-state index in [0.717, 1.165) is 0 Å². The van der Waals surface area contributed by atoms with Gasteiger partial charge in [-0.3, -0.25) is 9.05 Å². The van der Waals surface area contributed by atoms with Gasteiger partial charge >= 0.3 is 7.82 Å². The lowest BCUT2D eigenvalue weighted by Gasteiger charge is -2.07. The Bertz CT molecular complexity index is 164. The molecule has 0 aliphatic rings. The van der Waals surface area contributed by atoms with Crippen molar-refractivity contribution in [2.75, 3.05) is 26.3 Å². The standard InChI is InChI=1S/C6H15N.C4H11O4P/c1-3-5-7-6-4-2;1-3-7-9(5,6)8-4-2/h7H,3-6H2,1-2H3;3-4H2,1-2H3,(H,5,6). The van der Waals surface area contributed by atoms with Gasteiger partial charge in [-0.2, -0.15) is 0 Å². The molecule has 0 aromatic carbocycles. The number of rotatable bonds is 8. The van der Waals surface area contributed by atoms with E-state index in [1.54, 1.807) is 13.8 Å². The first-order valence-corrected chi connectivity index (χ1v) is 7.36. The van der Waals surface area contributed by atoms with E-state index in [1.807, 2.05) is 0 Å². The van der Waals surface area contributed by atoms with Gasteiger partial charge in [0.25, 0.3) is 0 Å². The second-order valence-electron chi connectivity index (χ2n) is 3.05. The van der Waals surface area contributed by atoms with E-state index in [4.69, 9.17) is 4.89 Å². The van der Waals surface area contributed by atoms with Crippen molar-refractivity contribution >= 4 is 7.82 Å². The van der Waals surface area contributed by atoms with Crippen molar-refractivity contribution in [3.63, 3.8) is 0 Å². The third kappa shape index (κ3) is 16.5. The van der Waals surface area contributed by atoms with E-state index in [-0.39, 0.29) is 13.2 Å². The van der Waals surface area contributed by atoms with Gasteiger partial charge in [0.15, 0.2) is 0 Å². The minimum atomic E-state index is -3.69. The second-order valence-corrected chi connectivity index (χ2v) is 4.51. The van der Waals surface area contributed by atoms with Crippen LogP contribution in [-0.2, 0) is 13.6 Å². The maximum Gasteiger partial charge on any atom is 0.472 e. The Morgan fingerprint density at radius 3 is 1.62 bits per heavy atom. The molecule has 5 nitrogen and oxygen atoms in total. The molecule has 16 heavy (non-hydrogen) atoms. The Kier molecular flexibility index (Phi) is 15.1. The number of hydrogen-bond donors (Lipinski definition) is 2. The minimum Gasteiger partial charge on any atom is -0.317 e. The zero-order valence-corrected chi connectivity index (χ0v) is 11.8. The zero-order valence-electron chi connectivity index (χ0n) is 10.9. The predicted molar refractivity (Wildman–Crippen MR) is 66.5 cm³/mol. The molecule has 0 amide bonds. The zero-order chi connectivity index (χ0) is 12.9. The van der Waals surface area contributed by atoms with Gasteiger partial charge < -0.3 is 10.2 Å². The lowest BCUT2D eigenvalue weighted by Crippen LogP contribution is -2.14. The average Bonchev–Trinajstić information content (AvgIpc) is 2.19. The topological polar surface area (TPSA) is 67.8 Å². The smallest absolute Gasteiger partial charge is 0.317 e. The first-order chi connectivity index (χ1) is 7.54. The van der Waals surface area contributed by atoms with Crippen molar-refractivity contribution in [1.82, 2.24) is 5.32 Å². The number of phosphoric ester groups is 1. The summed E-state index contributed by atoms with van der Waals surface area (Å²) in [6.07, 6.45) is 2.50. The summed E-state index contributed by atoms with van der Waals surface area (Å²) >= 11 is 0. The van der Waals surface area contributed by atoms with E-state index >= 15 is 0 Å². The van der Waals surface area contributed by atoms with Crippen LogP contribution in [0.25, 0.3) is 0 Å². The van der Waals surface area contributed by atoms with E-state index in [1.165, 1.54) is 25.9 Å². The molecule has 0 spiro atoms. The second kappa shape index (κ2) is 13.1. The van der Waals surface area contributed by atoms with E-state index in [2.05, 4.69) is 28.2 Å². The fraction of sp³-hybridized carbons (Fsp3) is 1.00. The third-order valence-corrected chi connectivity index (χ3v) is 2.61.